The van der Waals surface area contributed by atoms with Gasteiger partial charge in [0.15, 0.2) is 0 Å². The van der Waals surface area contributed by atoms with Gasteiger partial charge in [-0.2, -0.15) is 0 Å². The zero-order valence-electron chi connectivity index (χ0n) is 23.5. The highest BCUT2D eigenvalue weighted by Gasteiger charge is 2.38. The molecule has 0 saturated carbocycles. The fraction of sp³-hybridized carbons (Fsp3) is 0.303. The van der Waals surface area contributed by atoms with E-state index >= 15 is 0 Å². The van der Waals surface area contributed by atoms with Crippen LogP contribution in [0.25, 0.3) is 0 Å². The summed E-state index contributed by atoms with van der Waals surface area (Å²) < 4.78 is 13.7. The number of nitrogens with zero attached hydrogens (tertiary/aromatic N) is 2. The average Bonchev–Trinajstić information content (AvgIpc) is 3.07. The van der Waals surface area contributed by atoms with E-state index in [1.807, 2.05) is 73.3 Å². The molecular weight excluding hydrogens is 519 g/mol. The number of anilines is 3. The van der Waals surface area contributed by atoms with E-state index < -0.39 is 29.7 Å². The summed E-state index contributed by atoms with van der Waals surface area (Å²) in [5.41, 5.74) is 8.79. The summed E-state index contributed by atoms with van der Waals surface area (Å²) in [7, 11) is 0. The summed E-state index contributed by atoms with van der Waals surface area (Å²) in [6.07, 6.45) is 2.28. The zero-order valence-corrected chi connectivity index (χ0v) is 23.5. The molecule has 3 unspecified atom stereocenters. The van der Waals surface area contributed by atoms with Gasteiger partial charge < -0.3 is 20.9 Å². The van der Waals surface area contributed by atoms with E-state index in [1.54, 1.807) is 23.1 Å². The van der Waals surface area contributed by atoms with Crippen molar-refractivity contribution < 1.29 is 18.8 Å². The third-order valence-electron chi connectivity index (χ3n) is 7.36. The fourth-order valence-electron chi connectivity index (χ4n) is 5.38. The van der Waals surface area contributed by atoms with Crippen LogP contribution >= 0.6 is 0 Å². The van der Waals surface area contributed by atoms with Crippen molar-refractivity contribution in [2.75, 3.05) is 16.3 Å². The summed E-state index contributed by atoms with van der Waals surface area (Å²) in [5.74, 6) is -3.00. The Bertz CT molecular complexity index is 1380. The Kier molecular flexibility index (Phi) is 9.55. The van der Waals surface area contributed by atoms with E-state index in [0.29, 0.717) is 12.1 Å². The van der Waals surface area contributed by atoms with Crippen LogP contribution < -0.4 is 20.9 Å². The van der Waals surface area contributed by atoms with Crippen LogP contribution in [-0.4, -0.2) is 30.3 Å². The van der Waals surface area contributed by atoms with Gasteiger partial charge in [-0.3, -0.25) is 14.4 Å². The van der Waals surface area contributed by atoms with Crippen molar-refractivity contribution in [2.45, 2.75) is 39.3 Å². The van der Waals surface area contributed by atoms with Crippen molar-refractivity contribution in [3.63, 3.8) is 0 Å². The number of carbonyl (C=O) groups excluding carboxylic acids is 3. The number of benzene rings is 3. The minimum absolute atomic E-state index is 0.113. The number of nitrogens with one attached hydrogen (secondary N) is 1. The van der Waals surface area contributed by atoms with Crippen molar-refractivity contribution in [1.29, 1.82) is 0 Å². The topological polar surface area (TPSA) is 95.7 Å². The lowest BCUT2D eigenvalue weighted by Crippen LogP contribution is -2.54. The molecule has 3 N–H and O–H groups in total. The van der Waals surface area contributed by atoms with E-state index in [4.69, 9.17) is 5.73 Å². The van der Waals surface area contributed by atoms with Crippen LogP contribution in [0.1, 0.15) is 32.3 Å². The van der Waals surface area contributed by atoms with Gasteiger partial charge in [0.05, 0.1) is 36.3 Å². The highest BCUT2D eigenvalue weighted by molar-refractivity contribution is 6.04. The number of amides is 3. The Morgan fingerprint density at radius 3 is 2.24 bits per heavy atom. The third kappa shape index (κ3) is 7.01. The molecule has 1 aliphatic heterocycles. The van der Waals surface area contributed by atoms with Crippen LogP contribution in [0.3, 0.4) is 0 Å². The maximum absolute atomic E-state index is 14.3. The third-order valence-corrected chi connectivity index (χ3v) is 7.36. The lowest BCUT2D eigenvalue weighted by atomic mass is 9.82. The van der Waals surface area contributed by atoms with Crippen molar-refractivity contribution >= 4 is 34.8 Å². The van der Waals surface area contributed by atoms with Crippen molar-refractivity contribution in [3.05, 3.63) is 103 Å². The molecule has 0 aromatic heterocycles. The number of halogens is 1. The lowest BCUT2D eigenvalue weighted by Gasteiger charge is -2.30. The quantitative estimate of drug-likeness (QED) is 0.312. The number of nitrogens with two attached hydrogens (primary N) is 1. The van der Waals surface area contributed by atoms with Gasteiger partial charge in [0, 0.05) is 5.69 Å². The molecule has 1 heterocycles. The first kappa shape index (κ1) is 29.5. The Balaban J connectivity index is 1.76. The molecule has 7 nitrogen and oxygen atoms in total. The van der Waals surface area contributed by atoms with E-state index in [1.165, 1.54) is 12.1 Å². The van der Waals surface area contributed by atoms with Crippen LogP contribution in [0.15, 0.2) is 91.5 Å². The van der Waals surface area contributed by atoms with Crippen LogP contribution in [-0.2, 0) is 20.9 Å². The molecule has 4 rings (SSSR count). The van der Waals surface area contributed by atoms with E-state index in [9.17, 15) is 18.8 Å². The summed E-state index contributed by atoms with van der Waals surface area (Å²) in [4.78, 5) is 44.1. The normalized spacial score (nSPS) is 16.5. The number of primary amides is 1. The van der Waals surface area contributed by atoms with E-state index in [-0.39, 0.29) is 37.2 Å². The van der Waals surface area contributed by atoms with Gasteiger partial charge in [0.25, 0.3) is 5.91 Å². The highest BCUT2D eigenvalue weighted by Crippen LogP contribution is 2.38. The highest BCUT2D eigenvalue weighted by atomic mass is 19.1. The summed E-state index contributed by atoms with van der Waals surface area (Å²) in [5, 5.41) is 2.99. The van der Waals surface area contributed by atoms with Gasteiger partial charge in [-0.1, -0.05) is 62.4 Å². The Labute approximate surface area is 240 Å². The molecule has 0 radical (unpaired) electrons. The maximum Gasteiger partial charge on any atom is 0.251 e. The van der Waals surface area contributed by atoms with Gasteiger partial charge in [-0.05, 0) is 60.7 Å². The summed E-state index contributed by atoms with van der Waals surface area (Å²) >= 11 is 0. The molecule has 41 heavy (non-hydrogen) atoms. The van der Waals surface area contributed by atoms with Gasteiger partial charge in [-0.25, -0.2) is 4.39 Å². The zero-order chi connectivity index (χ0) is 29.5. The molecule has 0 saturated heterocycles. The second-order valence-electron chi connectivity index (χ2n) is 10.8. The van der Waals surface area contributed by atoms with Gasteiger partial charge in [-0.15, -0.1) is 6.58 Å². The minimum atomic E-state index is -0.942. The molecule has 0 aliphatic carbocycles. The molecule has 8 heteroatoms. The maximum atomic E-state index is 14.3. The minimum Gasteiger partial charge on any atom is -0.369 e. The number of hydrogen-bond acceptors (Lipinski definition) is 4. The molecule has 3 amide bonds. The monoisotopic (exact) mass is 556 g/mol. The number of allylic oxidation sites excluding steroid dienone is 1. The molecule has 0 bridgehead atoms. The summed E-state index contributed by atoms with van der Waals surface area (Å²) in [6.45, 7) is 8.03. The van der Waals surface area contributed by atoms with Crippen LogP contribution in [0.4, 0.5) is 21.5 Å². The Hall–Kier alpha value is -4.46. The van der Waals surface area contributed by atoms with Crippen molar-refractivity contribution in [3.8, 4) is 0 Å². The molecule has 0 fully saturated rings. The second-order valence-corrected chi connectivity index (χ2v) is 10.8. The molecule has 3 aromatic carbocycles. The van der Waals surface area contributed by atoms with Crippen LogP contribution in [0.2, 0.25) is 0 Å². The fourth-order valence-corrected chi connectivity index (χ4v) is 5.38. The lowest BCUT2D eigenvalue weighted by molar-refractivity contribution is -0.135. The number of carbonyl (C=O) groups is 3. The number of fused-ring (bicyclic) bond motifs is 1. The number of rotatable bonds is 11. The Morgan fingerprint density at radius 1 is 1.00 bits per heavy atom. The first-order chi connectivity index (χ1) is 19.7. The van der Waals surface area contributed by atoms with Gasteiger partial charge >= 0.3 is 0 Å². The Morgan fingerprint density at radius 2 is 1.63 bits per heavy atom. The predicted octanol–water partition coefficient (Wildman–Crippen LogP) is 5.34. The van der Waals surface area contributed by atoms with Gasteiger partial charge in [0.2, 0.25) is 11.8 Å². The molecule has 3 atom stereocenters. The second kappa shape index (κ2) is 13.3. The van der Waals surface area contributed by atoms with Gasteiger partial charge in [0.1, 0.15) is 11.9 Å². The number of hydrogen-bond donors (Lipinski definition) is 2. The van der Waals surface area contributed by atoms with E-state index in [0.717, 1.165) is 16.9 Å². The molecule has 214 valence electrons. The predicted molar refractivity (Wildman–Crippen MR) is 160 cm³/mol. The molecular formula is C33H37FN4O3. The largest absolute Gasteiger partial charge is 0.369 e. The molecule has 3 aromatic rings. The first-order valence-corrected chi connectivity index (χ1v) is 13.9. The SMILES string of the molecule is C=CCC(C(N)=O)C(CC(C)C)C(=O)NC1CN(c2ccccc2)c2ccccc2N(Cc2ccc(F)cc2)C1=O. The van der Waals surface area contributed by atoms with Crippen molar-refractivity contribution in [2.24, 2.45) is 23.5 Å². The summed E-state index contributed by atoms with van der Waals surface area (Å²) in [6, 6.07) is 22.3. The standard InChI is InChI=1S/C33H37FN4O3/c1-4-10-26(31(35)39)27(19-22(2)3)32(40)36-28-21-37(25-11-6-5-7-12-25)29-13-8-9-14-30(29)38(33(28)41)20-23-15-17-24(34)18-16-23/h4-9,11-18,22,26-28H,1,10,19-21H2,2-3H3,(H2,35,39)(H,36,40). The van der Waals surface area contributed by atoms with E-state index in [2.05, 4.69) is 11.9 Å². The number of para-hydroxylation sites is 3. The van der Waals surface area contributed by atoms with Crippen LogP contribution in [0.5, 0.6) is 0 Å². The average molecular weight is 557 g/mol. The van der Waals surface area contributed by atoms with Crippen LogP contribution in [0, 0.1) is 23.6 Å². The molecule has 1 aliphatic rings. The smallest absolute Gasteiger partial charge is 0.251 e. The first-order valence-electron chi connectivity index (χ1n) is 13.9. The van der Waals surface area contributed by atoms with Crippen molar-refractivity contribution in [1.82, 2.24) is 5.32 Å². The molecule has 0 spiro atoms.